The Morgan fingerprint density at radius 1 is 1.03 bits per heavy atom. The molecule has 0 radical (unpaired) electrons. The number of nitrogens with two attached hydrogens (primary N) is 1. The van der Waals surface area contributed by atoms with Gasteiger partial charge < -0.3 is 4.74 Å². The second-order valence-corrected chi connectivity index (χ2v) is 7.42. The minimum Gasteiger partial charge on any atom is -0.491 e. The fraction of sp³-hybridized carbons (Fsp3) is 0.118. The molecule has 0 amide bonds. The largest absolute Gasteiger partial charge is 0.491 e. The molecule has 6 nitrogen and oxygen atoms in total. The first-order chi connectivity index (χ1) is 13.4. The smallest absolute Gasteiger partial charge is 0.433 e. The number of ether oxygens (including phenoxy) is 1. The lowest BCUT2D eigenvalue weighted by molar-refractivity contribution is -0.140. The fourth-order valence-electron chi connectivity index (χ4n) is 2.74. The molecule has 0 fully saturated rings. The number of methoxy groups -OCH3 is 1. The van der Waals surface area contributed by atoms with Crippen LogP contribution >= 0.6 is 0 Å². The van der Waals surface area contributed by atoms with Crippen molar-refractivity contribution in [1.82, 2.24) is 10.2 Å². The van der Waals surface area contributed by atoms with E-state index in [0.717, 1.165) is 19.2 Å². The molecule has 1 aromatic heterocycles. The van der Waals surface area contributed by atoms with Crippen molar-refractivity contribution in [2.45, 2.75) is 11.1 Å². The molecule has 154 valence electrons. The molecule has 3 aromatic rings. The summed E-state index contributed by atoms with van der Waals surface area (Å²) in [7, 11) is -3.01. The van der Waals surface area contributed by atoms with Gasteiger partial charge in [-0.1, -0.05) is 12.1 Å². The van der Waals surface area contributed by atoms with Gasteiger partial charge >= 0.3 is 6.18 Å². The van der Waals surface area contributed by atoms with E-state index in [1.807, 2.05) is 5.10 Å². The van der Waals surface area contributed by atoms with E-state index in [2.05, 4.69) is 9.84 Å². The number of sulfonamides is 1. The summed E-state index contributed by atoms with van der Waals surface area (Å²) in [6.45, 7) is 0. The number of aromatic amines is 1. The van der Waals surface area contributed by atoms with E-state index in [-0.39, 0.29) is 16.2 Å². The van der Waals surface area contributed by atoms with Gasteiger partial charge in [0.2, 0.25) is 10.0 Å². The van der Waals surface area contributed by atoms with E-state index in [9.17, 15) is 30.4 Å². The summed E-state index contributed by atoms with van der Waals surface area (Å²) in [4.78, 5) is -0.268. The van der Waals surface area contributed by atoms with Crippen molar-refractivity contribution < 1.29 is 35.1 Å². The number of aromatic nitrogens is 2. The van der Waals surface area contributed by atoms with Gasteiger partial charge in [-0.2, -0.15) is 18.3 Å². The first-order valence-electron chi connectivity index (χ1n) is 7.75. The fourth-order valence-corrected chi connectivity index (χ4v) is 3.25. The Hall–Kier alpha value is -2.99. The van der Waals surface area contributed by atoms with Crippen LogP contribution in [0.15, 0.2) is 41.3 Å². The van der Waals surface area contributed by atoms with Crippen LogP contribution in [0.2, 0.25) is 0 Å². The third-order valence-electron chi connectivity index (χ3n) is 4.00. The monoisotopic (exact) mass is 433 g/mol. The van der Waals surface area contributed by atoms with Gasteiger partial charge in [-0.25, -0.2) is 22.3 Å². The average molecular weight is 433 g/mol. The molecule has 0 unspecified atom stereocenters. The molecule has 0 aliphatic carbocycles. The van der Waals surface area contributed by atoms with Crippen LogP contribution in [-0.4, -0.2) is 25.7 Å². The summed E-state index contributed by atoms with van der Waals surface area (Å²) in [5.41, 5.74) is -2.60. The van der Waals surface area contributed by atoms with Crippen LogP contribution in [0.1, 0.15) is 5.69 Å². The second-order valence-electron chi connectivity index (χ2n) is 5.86. The summed E-state index contributed by atoms with van der Waals surface area (Å²) in [6, 6.07) is 5.87. The van der Waals surface area contributed by atoms with E-state index in [1.165, 1.54) is 12.1 Å². The topological polar surface area (TPSA) is 98.1 Å². The third kappa shape index (κ3) is 3.93. The predicted molar refractivity (Wildman–Crippen MR) is 92.3 cm³/mol. The minimum absolute atomic E-state index is 0.0655. The Morgan fingerprint density at radius 3 is 2.03 bits per heavy atom. The maximum absolute atomic E-state index is 14.1. The predicted octanol–water partition coefficient (Wildman–Crippen LogP) is 3.70. The molecule has 3 N–H and O–H groups in total. The summed E-state index contributed by atoms with van der Waals surface area (Å²) >= 11 is 0. The number of nitrogens with one attached hydrogen (secondary N) is 1. The number of nitrogens with zero attached hydrogens (tertiary/aromatic N) is 1. The van der Waals surface area contributed by atoms with E-state index in [4.69, 9.17) is 5.14 Å². The van der Waals surface area contributed by atoms with Gasteiger partial charge in [0.15, 0.2) is 17.4 Å². The molecule has 0 bridgehead atoms. The van der Waals surface area contributed by atoms with Crippen molar-refractivity contribution in [2.24, 2.45) is 5.14 Å². The maximum atomic E-state index is 14.1. The highest BCUT2D eigenvalue weighted by atomic mass is 32.2. The molecule has 3 rings (SSSR count). The highest BCUT2D eigenvalue weighted by Gasteiger charge is 2.38. The molecule has 0 spiro atoms. The van der Waals surface area contributed by atoms with Crippen molar-refractivity contribution in [1.29, 1.82) is 0 Å². The third-order valence-corrected chi connectivity index (χ3v) is 4.93. The number of H-pyrrole nitrogens is 1. The molecule has 0 aliphatic heterocycles. The molecule has 12 heteroatoms. The van der Waals surface area contributed by atoms with Crippen molar-refractivity contribution in [3.63, 3.8) is 0 Å². The van der Waals surface area contributed by atoms with Crippen LogP contribution in [0.3, 0.4) is 0 Å². The van der Waals surface area contributed by atoms with E-state index in [1.54, 1.807) is 0 Å². The van der Waals surface area contributed by atoms with Gasteiger partial charge in [0, 0.05) is 11.1 Å². The zero-order valence-corrected chi connectivity index (χ0v) is 15.3. The first kappa shape index (κ1) is 20.7. The lowest BCUT2D eigenvalue weighted by atomic mass is 9.98. The Bertz CT molecular complexity index is 1150. The maximum Gasteiger partial charge on any atom is 0.433 e. The zero-order chi connectivity index (χ0) is 21.6. The zero-order valence-electron chi connectivity index (χ0n) is 14.5. The molecule has 0 saturated heterocycles. The van der Waals surface area contributed by atoms with Crippen molar-refractivity contribution in [3.8, 4) is 28.1 Å². The van der Waals surface area contributed by atoms with Crippen LogP contribution in [-0.2, 0) is 16.2 Å². The van der Waals surface area contributed by atoms with Gasteiger partial charge in [-0.15, -0.1) is 0 Å². The number of halogens is 5. The molecule has 29 heavy (non-hydrogen) atoms. The SMILES string of the molecule is COc1c(F)cc(-c2c(-c3ccc(S(N)(=O)=O)cc3)n[nH]c2C(F)(F)F)cc1F. The van der Waals surface area contributed by atoms with Crippen LogP contribution in [0.5, 0.6) is 5.75 Å². The lowest BCUT2D eigenvalue weighted by Crippen LogP contribution is -2.11. The summed E-state index contributed by atoms with van der Waals surface area (Å²) in [5, 5.41) is 10.4. The van der Waals surface area contributed by atoms with Crippen molar-refractivity contribution >= 4 is 10.0 Å². The van der Waals surface area contributed by atoms with Gasteiger partial charge in [0.1, 0.15) is 11.4 Å². The molecule has 2 aromatic carbocycles. The van der Waals surface area contributed by atoms with Gasteiger partial charge in [-0.05, 0) is 29.8 Å². The molecule has 1 heterocycles. The van der Waals surface area contributed by atoms with E-state index < -0.39 is 50.4 Å². The van der Waals surface area contributed by atoms with Crippen molar-refractivity contribution in [2.75, 3.05) is 7.11 Å². The van der Waals surface area contributed by atoms with Gasteiger partial charge in [0.25, 0.3) is 0 Å². The summed E-state index contributed by atoms with van der Waals surface area (Å²) in [6.07, 6.45) is -4.91. The standard InChI is InChI=1S/C17H12F5N3O3S/c1-28-15-11(18)6-9(7-12(15)19)13-14(24-25-16(13)17(20,21)22)8-2-4-10(5-3-8)29(23,26)27/h2-7H,1H3,(H,24,25)(H2,23,26,27). The number of benzene rings is 2. The highest BCUT2D eigenvalue weighted by molar-refractivity contribution is 7.89. The number of hydrogen-bond acceptors (Lipinski definition) is 4. The second kappa shape index (κ2) is 7.12. The Morgan fingerprint density at radius 2 is 1.59 bits per heavy atom. The molecular weight excluding hydrogens is 421 g/mol. The summed E-state index contributed by atoms with van der Waals surface area (Å²) < 4.78 is 95.8. The number of primary sulfonamides is 1. The number of rotatable bonds is 4. The normalized spacial score (nSPS) is 12.2. The number of hydrogen-bond donors (Lipinski definition) is 2. The molecular formula is C17H12F5N3O3S. The first-order valence-corrected chi connectivity index (χ1v) is 9.30. The quantitative estimate of drug-likeness (QED) is 0.613. The Balaban J connectivity index is 2.25. The van der Waals surface area contributed by atoms with Gasteiger partial charge in [-0.3, -0.25) is 5.10 Å². The summed E-state index contributed by atoms with van der Waals surface area (Å²) in [5.74, 6) is -3.15. The Labute approximate surface area is 161 Å². The van der Waals surface area contributed by atoms with E-state index in [0.29, 0.717) is 12.1 Å². The molecule has 0 saturated carbocycles. The van der Waals surface area contributed by atoms with Crippen LogP contribution in [0, 0.1) is 11.6 Å². The minimum atomic E-state index is -4.91. The van der Waals surface area contributed by atoms with Crippen LogP contribution in [0.25, 0.3) is 22.4 Å². The average Bonchev–Trinajstić information content (AvgIpc) is 3.06. The lowest BCUT2D eigenvalue weighted by Gasteiger charge is -2.11. The van der Waals surface area contributed by atoms with Gasteiger partial charge in [0.05, 0.1) is 12.0 Å². The number of alkyl halides is 3. The Kier molecular flexibility index (Phi) is 5.09. The van der Waals surface area contributed by atoms with Crippen LogP contribution in [0.4, 0.5) is 22.0 Å². The molecule has 0 atom stereocenters. The van der Waals surface area contributed by atoms with Crippen molar-refractivity contribution in [3.05, 3.63) is 53.7 Å². The van der Waals surface area contributed by atoms with E-state index >= 15 is 0 Å². The molecule has 0 aliphatic rings. The highest BCUT2D eigenvalue weighted by Crippen LogP contribution is 2.42. The van der Waals surface area contributed by atoms with Crippen LogP contribution < -0.4 is 9.88 Å².